The number of hydrogen-bond acceptors (Lipinski definition) is 5. The molecule has 31 heavy (non-hydrogen) atoms. The Morgan fingerprint density at radius 3 is 2.03 bits per heavy atom. The molecule has 0 spiro atoms. The Morgan fingerprint density at radius 2 is 1.45 bits per heavy atom. The van der Waals surface area contributed by atoms with Crippen molar-refractivity contribution in [1.29, 1.82) is 0 Å². The van der Waals surface area contributed by atoms with E-state index in [9.17, 15) is 14.4 Å². The number of anilines is 1. The van der Waals surface area contributed by atoms with Crippen LogP contribution in [0.15, 0.2) is 58.1 Å². The summed E-state index contributed by atoms with van der Waals surface area (Å²) >= 11 is 0. The Bertz CT molecular complexity index is 1200. The first kappa shape index (κ1) is 20.7. The van der Waals surface area contributed by atoms with Crippen LogP contribution in [0.25, 0.3) is 11.0 Å². The zero-order valence-electron chi connectivity index (χ0n) is 17.8. The summed E-state index contributed by atoms with van der Waals surface area (Å²) < 4.78 is 7.96. The van der Waals surface area contributed by atoms with E-state index >= 15 is 0 Å². The number of amides is 1. The Labute approximate surface area is 179 Å². The average molecular weight is 422 g/mol. The molecule has 2 heterocycles. The molecule has 2 aromatic carbocycles. The van der Waals surface area contributed by atoms with Gasteiger partial charge in [-0.15, -0.1) is 0 Å². The zero-order valence-corrected chi connectivity index (χ0v) is 17.8. The SMILES string of the molecule is CCn1c(=O)c(=O)n(CC(=O)N2CCN(c3ccc(OC)cc3)CC2)c2ccccc21. The molecule has 1 amide bonds. The van der Waals surface area contributed by atoms with Crippen molar-refractivity contribution in [2.75, 3.05) is 38.2 Å². The quantitative estimate of drug-likeness (QED) is 0.583. The molecule has 1 fully saturated rings. The highest BCUT2D eigenvalue weighted by atomic mass is 16.5. The van der Waals surface area contributed by atoms with E-state index < -0.39 is 11.1 Å². The minimum absolute atomic E-state index is 0.137. The molecule has 8 nitrogen and oxygen atoms in total. The van der Waals surface area contributed by atoms with Crippen LogP contribution in [0.5, 0.6) is 5.75 Å². The third-order valence-electron chi connectivity index (χ3n) is 5.82. The lowest BCUT2D eigenvalue weighted by molar-refractivity contribution is -0.132. The molecule has 0 aliphatic carbocycles. The van der Waals surface area contributed by atoms with Crippen LogP contribution in [0.3, 0.4) is 0 Å². The molecule has 1 saturated heterocycles. The minimum atomic E-state index is -0.661. The predicted molar refractivity (Wildman–Crippen MR) is 120 cm³/mol. The van der Waals surface area contributed by atoms with Crippen molar-refractivity contribution in [3.8, 4) is 5.75 Å². The van der Waals surface area contributed by atoms with Crippen LogP contribution in [0.2, 0.25) is 0 Å². The van der Waals surface area contributed by atoms with E-state index in [1.54, 1.807) is 30.2 Å². The van der Waals surface area contributed by atoms with Gasteiger partial charge >= 0.3 is 11.1 Å². The van der Waals surface area contributed by atoms with Crippen molar-refractivity contribution in [1.82, 2.24) is 14.0 Å². The van der Waals surface area contributed by atoms with Crippen molar-refractivity contribution in [3.63, 3.8) is 0 Å². The normalized spacial score (nSPS) is 14.1. The molecule has 0 radical (unpaired) electrons. The Kier molecular flexibility index (Phi) is 5.79. The fourth-order valence-electron chi connectivity index (χ4n) is 4.08. The molecule has 1 aromatic heterocycles. The van der Waals surface area contributed by atoms with Gasteiger partial charge in [-0.1, -0.05) is 12.1 Å². The summed E-state index contributed by atoms with van der Waals surface area (Å²) in [4.78, 5) is 42.2. The second kappa shape index (κ2) is 8.67. The number of carbonyl (C=O) groups is 1. The second-order valence-electron chi connectivity index (χ2n) is 7.50. The van der Waals surface area contributed by atoms with Crippen LogP contribution in [0, 0.1) is 0 Å². The molecular formula is C23H26N4O4. The van der Waals surface area contributed by atoms with Crippen molar-refractivity contribution in [2.24, 2.45) is 0 Å². The number of hydrogen-bond donors (Lipinski definition) is 0. The van der Waals surface area contributed by atoms with E-state index in [1.165, 1.54) is 9.13 Å². The van der Waals surface area contributed by atoms with Gasteiger partial charge in [0, 0.05) is 38.4 Å². The molecule has 0 bridgehead atoms. The van der Waals surface area contributed by atoms with Crippen molar-refractivity contribution < 1.29 is 9.53 Å². The molecule has 0 N–H and O–H groups in total. The summed E-state index contributed by atoms with van der Waals surface area (Å²) in [5.74, 6) is 0.649. The number of fused-ring (bicyclic) bond motifs is 1. The summed E-state index contributed by atoms with van der Waals surface area (Å²) in [6.45, 7) is 4.60. The van der Waals surface area contributed by atoms with Crippen LogP contribution >= 0.6 is 0 Å². The smallest absolute Gasteiger partial charge is 0.317 e. The number of carbonyl (C=O) groups excluding carboxylic acids is 1. The maximum Gasteiger partial charge on any atom is 0.317 e. The molecule has 0 atom stereocenters. The summed E-state index contributed by atoms with van der Waals surface area (Å²) in [7, 11) is 1.64. The number of nitrogens with zero attached hydrogens (tertiary/aromatic N) is 4. The summed E-state index contributed by atoms with van der Waals surface area (Å²) in [6, 6.07) is 15.1. The fraction of sp³-hybridized carbons (Fsp3) is 0.348. The third-order valence-corrected chi connectivity index (χ3v) is 5.82. The van der Waals surface area contributed by atoms with E-state index in [-0.39, 0.29) is 12.5 Å². The van der Waals surface area contributed by atoms with Gasteiger partial charge in [-0.05, 0) is 43.3 Å². The third kappa shape index (κ3) is 3.93. The van der Waals surface area contributed by atoms with Crippen molar-refractivity contribution >= 4 is 22.6 Å². The highest BCUT2D eigenvalue weighted by Crippen LogP contribution is 2.20. The number of para-hydroxylation sites is 2. The molecule has 162 valence electrons. The van der Waals surface area contributed by atoms with Crippen molar-refractivity contribution in [2.45, 2.75) is 20.0 Å². The number of aryl methyl sites for hydroxylation is 1. The standard InChI is InChI=1S/C23H26N4O4/c1-3-26-19-6-4-5-7-20(19)27(23(30)22(26)29)16-21(28)25-14-12-24(13-15-25)17-8-10-18(31-2)11-9-17/h4-11H,3,12-16H2,1-2H3. The first-order valence-electron chi connectivity index (χ1n) is 10.4. The number of aromatic nitrogens is 2. The topological polar surface area (TPSA) is 76.8 Å². The van der Waals surface area contributed by atoms with Gasteiger partial charge in [0.25, 0.3) is 0 Å². The van der Waals surface area contributed by atoms with Crippen LogP contribution in [0.4, 0.5) is 5.69 Å². The van der Waals surface area contributed by atoms with Gasteiger partial charge in [-0.25, -0.2) is 0 Å². The van der Waals surface area contributed by atoms with Crippen LogP contribution in [-0.2, 0) is 17.9 Å². The Morgan fingerprint density at radius 1 is 0.871 bits per heavy atom. The van der Waals surface area contributed by atoms with Crippen molar-refractivity contribution in [3.05, 3.63) is 69.2 Å². The number of piperazine rings is 1. The number of methoxy groups -OCH3 is 1. The number of benzene rings is 2. The lowest BCUT2D eigenvalue weighted by Gasteiger charge is -2.36. The lowest BCUT2D eigenvalue weighted by Crippen LogP contribution is -2.51. The first-order chi connectivity index (χ1) is 15.0. The van der Waals surface area contributed by atoms with E-state index in [1.807, 2.05) is 37.3 Å². The molecule has 0 saturated carbocycles. The first-order valence-corrected chi connectivity index (χ1v) is 10.4. The molecule has 3 aromatic rings. The average Bonchev–Trinajstić information content (AvgIpc) is 2.82. The fourth-order valence-corrected chi connectivity index (χ4v) is 4.08. The highest BCUT2D eigenvalue weighted by molar-refractivity contribution is 5.80. The summed E-state index contributed by atoms with van der Waals surface area (Å²) in [5.41, 5.74) is 1.08. The molecule has 8 heteroatoms. The zero-order chi connectivity index (χ0) is 22.0. The number of rotatable bonds is 5. The van der Waals surface area contributed by atoms with Gasteiger partial charge in [-0.3, -0.25) is 19.0 Å². The van der Waals surface area contributed by atoms with E-state index in [0.29, 0.717) is 43.8 Å². The maximum absolute atomic E-state index is 13.0. The van der Waals surface area contributed by atoms with Gasteiger partial charge in [0.15, 0.2) is 0 Å². The van der Waals surface area contributed by atoms with Gasteiger partial charge in [0.05, 0.1) is 18.1 Å². The van der Waals surface area contributed by atoms with Gasteiger partial charge < -0.3 is 19.1 Å². The van der Waals surface area contributed by atoms with Crippen LogP contribution in [0.1, 0.15) is 6.92 Å². The summed E-state index contributed by atoms with van der Waals surface area (Å²) in [6.07, 6.45) is 0. The maximum atomic E-state index is 13.0. The lowest BCUT2D eigenvalue weighted by atomic mass is 10.2. The molecule has 0 unspecified atom stereocenters. The second-order valence-corrected chi connectivity index (χ2v) is 7.50. The minimum Gasteiger partial charge on any atom is -0.497 e. The molecule has 1 aliphatic rings. The monoisotopic (exact) mass is 422 g/mol. The van der Waals surface area contributed by atoms with Gasteiger partial charge in [0.2, 0.25) is 5.91 Å². The van der Waals surface area contributed by atoms with E-state index in [2.05, 4.69) is 4.90 Å². The van der Waals surface area contributed by atoms with Crippen LogP contribution < -0.4 is 20.8 Å². The molecule has 1 aliphatic heterocycles. The molecular weight excluding hydrogens is 396 g/mol. The highest BCUT2D eigenvalue weighted by Gasteiger charge is 2.23. The van der Waals surface area contributed by atoms with Gasteiger partial charge in [0.1, 0.15) is 12.3 Å². The van der Waals surface area contributed by atoms with Crippen LogP contribution in [-0.4, -0.2) is 53.2 Å². The Balaban J connectivity index is 1.51. The summed E-state index contributed by atoms with van der Waals surface area (Å²) in [5, 5.41) is 0. The number of ether oxygens (including phenoxy) is 1. The van der Waals surface area contributed by atoms with E-state index in [4.69, 9.17) is 4.74 Å². The Hall–Kier alpha value is -3.55. The molecule has 4 rings (SSSR count). The van der Waals surface area contributed by atoms with E-state index in [0.717, 1.165) is 11.4 Å². The largest absolute Gasteiger partial charge is 0.497 e. The van der Waals surface area contributed by atoms with Gasteiger partial charge in [-0.2, -0.15) is 0 Å². The predicted octanol–water partition coefficient (Wildman–Crippen LogP) is 1.54.